The Balaban J connectivity index is 1.82. The molecule has 0 bridgehead atoms. The summed E-state index contributed by atoms with van der Waals surface area (Å²) in [5.41, 5.74) is 3.66. The van der Waals surface area contributed by atoms with E-state index >= 15 is 0 Å². The molecule has 21 heavy (non-hydrogen) atoms. The first-order chi connectivity index (χ1) is 10.4. The highest BCUT2D eigenvalue weighted by Crippen LogP contribution is 2.31. The second-order valence-electron chi connectivity index (χ2n) is 4.51. The van der Waals surface area contributed by atoms with Gasteiger partial charge in [-0.1, -0.05) is 6.07 Å². The maximum absolute atomic E-state index is 4.61. The third-order valence-electron chi connectivity index (χ3n) is 3.11. The zero-order valence-corrected chi connectivity index (χ0v) is 11.8. The fraction of sp³-hybridized carbons (Fsp3) is 0. The van der Waals surface area contributed by atoms with E-state index in [1.54, 1.807) is 29.9 Å². The van der Waals surface area contributed by atoms with Crippen LogP contribution in [0, 0.1) is 0 Å². The van der Waals surface area contributed by atoms with Gasteiger partial charge in [-0.05, 0) is 30.3 Å². The molecule has 4 heterocycles. The van der Waals surface area contributed by atoms with Gasteiger partial charge in [0.1, 0.15) is 10.5 Å². The molecule has 0 N–H and O–H groups in total. The largest absolute Gasteiger partial charge is 0.264 e. The number of rotatable bonds is 2. The minimum absolute atomic E-state index is 0.865. The molecule has 0 aromatic carbocycles. The Morgan fingerprint density at radius 1 is 0.857 bits per heavy atom. The number of thiazole rings is 1. The molecule has 4 rings (SSSR count). The fourth-order valence-electron chi connectivity index (χ4n) is 2.10. The van der Waals surface area contributed by atoms with E-state index in [1.807, 2.05) is 42.6 Å². The number of fused-ring (bicyclic) bond motifs is 1. The quantitative estimate of drug-likeness (QED) is 0.563. The highest BCUT2D eigenvalue weighted by molar-refractivity contribution is 7.21. The van der Waals surface area contributed by atoms with Crippen molar-refractivity contribution >= 4 is 21.6 Å². The van der Waals surface area contributed by atoms with Crippen LogP contribution in [0.15, 0.2) is 61.2 Å². The second-order valence-corrected chi connectivity index (χ2v) is 5.54. The molecule has 4 nitrogen and oxygen atoms in total. The third kappa shape index (κ3) is 2.28. The number of nitrogens with zero attached hydrogens (tertiary/aromatic N) is 4. The van der Waals surface area contributed by atoms with E-state index in [-0.39, 0.29) is 0 Å². The van der Waals surface area contributed by atoms with Crippen LogP contribution in [0.25, 0.3) is 32.2 Å². The zero-order chi connectivity index (χ0) is 14.1. The van der Waals surface area contributed by atoms with E-state index in [0.717, 1.165) is 32.2 Å². The third-order valence-corrected chi connectivity index (χ3v) is 4.18. The molecule has 0 atom stereocenters. The molecule has 4 aromatic rings. The Bertz CT molecular complexity index is 850. The van der Waals surface area contributed by atoms with Crippen molar-refractivity contribution in [1.29, 1.82) is 0 Å². The molecule has 0 saturated heterocycles. The van der Waals surface area contributed by atoms with Gasteiger partial charge >= 0.3 is 0 Å². The topological polar surface area (TPSA) is 51.6 Å². The summed E-state index contributed by atoms with van der Waals surface area (Å²) in [5, 5.41) is 0.957. The smallest absolute Gasteiger partial charge is 0.126 e. The van der Waals surface area contributed by atoms with Crippen LogP contribution >= 0.6 is 11.3 Å². The first kappa shape index (κ1) is 12.1. The molecule has 0 saturated carbocycles. The van der Waals surface area contributed by atoms with Gasteiger partial charge in [0.25, 0.3) is 0 Å². The number of hydrogen-bond acceptors (Lipinski definition) is 5. The summed E-state index contributed by atoms with van der Waals surface area (Å²) in [6.45, 7) is 0. The normalized spacial score (nSPS) is 10.9. The summed E-state index contributed by atoms with van der Waals surface area (Å²) in [4.78, 5) is 17.5. The number of pyridine rings is 3. The molecule has 100 valence electrons. The Hall–Kier alpha value is -2.66. The summed E-state index contributed by atoms with van der Waals surface area (Å²) >= 11 is 1.64. The molecule has 5 heteroatoms. The van der Waals surface area contributed by atoms with Crippen LogP contribution in [0.3, 0.4) is 0 Å². The minimum atomic E-state index is 0.865. The average Bonchev–Trinajstić information content (AvgIpc) is 2.99. The number of aromatic nitrogens is 4. The van der Waals surface area contributed by atoms with Crippen LogP contribution in [0.2, 0.25) is 0 Å². The van der Waals surface area contributed by atoms with Gasteiger partial charge < -0.3 is 0 Å². The van der Waals surface area contributed by atoms with Crippen molar-refractivity contribution in [2.75, 3.05) is 0 Å². The van der Waals surface area contributed by atoms with Gasteiger partial charge in [0.05, 0.1) is 22.3 Å². The van der Waals surface area contributed by atoms with Crippen LogP contribution in [-0.2, 0) is 0 Å². The lowest BCUT2D eigenvalue weighted by atomic mass is 10.2. The zero-order valence-electron chi connectivity index (χ0n) is 11.0. The average molecular weight is 290 g/mol. The van der Waals surface area contributed by atoms with Crippen molar-refractivity contribution in [1.82, 2.24) is 19.9 Å². The standard InChI is InChI=1S/C16H10N4S/c1-2-7-18-12(5-1)13-8-15-14(10-19-13)20-16(21-15)11-4-3-6-17-9-11/h1-10H. The molecule has 0 radical (unpaired) electrons. The van der Waals surface area contributed by atoms with Gasteiger partial charge in [-0.25, -0.2) is 4.98 Å². The van der Waals surface area contributed by atoms with Crippen LogP contribution in [-0.4, -0.2) is 19.9 Å². The SMILES string of the molecule is c1ccc(-c2cc3sc(-c4cccnc4)nc3cn2)nc1. The lowest BCUT2D eigenvalue weighted by Crippen LogP contribution is -1.85. The lowest BCUT2D eigenvalue weighted by Gasteiger charge is -1.98. The Morgan fingerprint density at radius 2 is 1.86 bits per heavy atom. The Morgan fingerprint density at radius 3 is 2.67 bits per heavy atom. The van der Waals surface area contributed by atoms with Gasteiger partial charge in [-0.2, -0.15) is 0 Å². The van der Waals surface area contributed by atoms with Gasteiger partial charge in [0.15, 0.2) is 0 Å². The van der Waals surface area contributed by atoms with Gasteiger partial charge in [-0.15, -0.1) is 11.3 Å². The maximum atomic E-state index is 4.61. The second kappa shape index (κ2) is 5.03. The van der Waals surface area contributed by atoms with Gasteiger partial charge in [0.2, 0.25) is 0 Å². The highest BCUT2D eigenvalue weighted by Gasteiger charge is 2.09. The molecule has 0 amide bonds. The summed E-state index contributed by atoms with van der Waals surface area (Å²) in [5.74, 6) is 0. The van der Waals surface area contributed by atoms with Crippen molar-refractivity contribution < 1.29 is 0 Å². The molecule has 0 aliphatic heterocycles. The van der Waals surface area contributed by atoms with Crippen molar-refractivity contribution in [2.24, 2.45) is 0 Å². The summed E-state index contributed by atoms with van der Waals surface area (Å²) in [6, 6.07) is 11.8. The molecular weight excluding hydrogens is 280 g/mol. The lowest BCUT2D eigenvalue weighted by molar-refractivity contribution is 1.25. The molecule has 0 unspecified atom stereocenters. The number of hydrogen-bond donors (Lipinski definition) is 0. The Kier molecular flexibility index (Phi) is 2.90. The first-order valence-electron chi connectivity index (χ1n) is 6.48. The Labute approximate surface area is 125 Å². The predicted octanol–water partition coefficient (Wildman–Crippen LogP) is 3.82. The minimum Gasteiger partial charge on any atom is -0.264 e. The fourth-order valence-corrected chi connectivity index (χ4v) is 3.06. The predicted molar refractivity (Wildman–Crippen MR) is 83.9 cm³/mol. The van der Waals surface area contributed by atoms with Crippen LogP contribution in [0.1, 0.15) is 0 Å². The molecule has 0 aliphatic rings. The van der Waals surface area contributed by atoms with Crippen LogP contribution < -0.4 is 0 Å². The van der Waals surface area contributed by atoms with Crippen molar-refractivity contribution in [3.63, 3.8) is 0 Å². The van der Waals surface area contributed by atoms with E-state index < -0.39 is 0 Å². The van der Waals surface area contributed by atoms with E-state index in [1.165, 1.54) is 0 Å². The first-order valence-corrected chi connectivity index (χ1v) is 7.30. The molecule has 0 aliphatic carbocycles. The molecule has 0 fully saturated rings. The summed E-state index contributed by atoms with van der Waals surface area (Å²) in [6.07, 6.45) is 7.16. The van der Waals surface area contributed by atoms with E-state index in [4.69, 9.17) is 0 Å². The van der Waals surface area contributed by atoms with E-state index in [9.17, 15) is 0 Å². The van der Waals surface area contributed by atoms with Crippen molar-refractivity contribution in [3.8, 4) is 22.0 Å². The highest BCUT2D eigenvalue weighted by atomic mass is 32.1. The molecule has 4 aromatic heterocycles. The molecule has 0 spiro atoms. The van der Waals surface area contributed by atoms with Crippen molar-refractivity contribution in [2.45, 2.75) is 0 Å². The molecular formula is C16H10N4S. The van der Waals surface area contributed by atoms with E-state index in [0.29, 0.717) is 0 Å². The monoisotopic (exact) mass is 290 g/mol. The van der Waals surface area contributed by atoms with Gasteiger partial charge in [-0.3, -0.25) is 15.0 Å². The van der Waals surface area contributed by atoms with Gasteiger partial charge in [0, 0.05) is 24.2 Å². The summed E-state index contributed by atoms with van der Waals surface area (Å²) < 4.78 is 1.10. The van der Waals surface area contributed by atoms with Crippen LogP contribution in [0.5, 0.6) is 0 Å². The maximum Gasteiger partial charge on any atom is 0.126 e. The van der Waals surface area contributed by atoms with E-state index in [2.05, 4.69) is 19.9 Å². The summed E-state index contributed by atoms with van der Waals surface area (Å²) in [7, 11) is 0. The van der Waals surface area contributed by atoms with Crippen molar-refractivity contribution in [3.05, 3.63) is 61.2 Å². The van der Waals surface area contributed by atoms with Crippen LogP contribution in [0.4, 0.5) is 0 Å².